The molecular formula is C13H20ClN5OS. The van der Waals surface area contributed by atoms with E-state index < -0.39 is 0 Å². The lowest BCUT2D eigenvalue weighted by atomic mass is 10.2. The van der Waals surface area contributed by atoms with Crippen molar-refractivity contribution in [2.24, 2.45) is 0 Å². The predicted molar refractivity (Wildman–Crippen MR) is 87.6 cm³/mol. The first-order valence-corrected chi connectivity index (χ1v) is 8.47. The quantitative estimate of drug-likeness (QED) is 0.483. The third kappa shape index (κ3) is 3.78. The van der Waals surface area contributed by atoms with E-state index in [1.54, 1.807) is 0 Å². The summed E-state index contributed by atoms with van der Waals surface area (Å²) >= 11 is 7.79. The van der Waals surface area contributed by atoms with E-state index in [1.165, 1.54) is 11.8 Å². The number of piperazine rings is 1. The molecule has 1 aromatic heterocycles. The fourth-order valence-corrected chi connectivity index (χ4v) is 3.10. The Kier molecular flexibility index (Phi) is 5.66. The van der Waals surface area contributed by atoms with Gasteiger partial charge >= 0.3 is 0 Å². The summed E-state index contributed by atoms with van der Waals surface area (Å²) in [6, 6.07) is -0.0264. The van der Waals surface area contributed by atoms with Crippen molar-refractivity contribution in [2.45, 2.75) is 30.8 Å². The number of nitrogens with zero attached hydrogens (tertiary/aromatic N) is 3. The molecule has 1 atom stereocenters. The van der Waals surface area contributed by atoms with Crippen molar-refractivity contribution >= 4 is 41.4 Å². The Morgan fingerprint density at radius 1 is 1.52 bits per heavy atom. The maximum Gasteiger partial charge on any atom is 0.229 e. The molecule has 0 aromatic carbocycles. The van der Waals surface area contributed by atoms with E-state index in [0.717, 1.165) is 23.5 Å². The molecule has 0 bridgehead atoms. The van der Waals surface area contributed by atoms with Crippen LogP contribution in [0.25, 0.3) is 0 Å². The molecule has 1 fully saturated rings. The van der Waals surface area contributed by atoms with Gasteiger partial charge in [-0.2, -0.15) is 9.97 Å². The van der Waals surface area contributed by atoms with Crippen molar-refractivity contribution in [1.29, 1.82) is 0 Å². The number of aldehydes is 1. The summed E-state index contributed by atoms with van der Waals surface area (Å²) in [5.41, 5.74) is 0. The van der Waals surface area contributed by atoms with Crippen LogP contribution in [0.2, 0.25) is 5.15 Å². The van der Waals surface area contributed by atoms with E-state index >= 15 is 0 Å². The summed E-state index contributed by atoms with van der Waals surface area (Å²) in [5.74, 6) is 1.22. The Balaban J connectivity index is 2.39. The van der Waals surface area contributed by atoms with Gasteiger partial charge in [-0.15, -0.1) is 11.8 Å². The van der Waals surface area contributed by atoms with Crippen LogP contribution in [-0.4, -0.2) is 54.2 Å². The molecule has 1 unspecified atom stereocenters. The molecule has 0 amide bonds. The Morgan fingerprint density at radius 2 is 2.29 bits per heavy atom. The highest BCUT2D eigenvalue weighted by atomic mass is 35.5. The van der Waals surface area contributed by atoms with E-state index in [9.17, 15) is 4.79 Å². The molecule has 0 aliphatic carbocycles. The Morgan fingerprint density at radius 3 is 2.90 bits per heavy atom. The molecule has 21 heavy (non-hydrogen) atoms. The van der Waals surface area contributed by atoms with Crippen molar-refractivity contribution in [3.8, 4) is 0 Å². The van der Waals surface area contributed by atoms with Crippen LogP contribution in [-0.2, 0) is 4.79 Å². The van der Waals surface area contributed by atoms with E-state index in [0.29, 0.717) is 24.2 Å². The molecule has 0 radical (unpaired) electrons. The number of halogens is 1. The van der Waals surface area contributed by atoms with Crippen molar-refractivity contribution in [1.82, 2.24) is 15.3 Å². The van der Waals surface area contributed by atoms with E-state index in [4.69, 9.17) is 11.6 Å². The molecule has 1 saturated heterocycles. The van der Waals surface area contributed by atoms with Gasteiger partial charge in [0.15, 0.2) is 0 Å². The number of carbonyl (C=O) groups is 1. The standard InChI is InChI=1S/C13H20ClN5OS/c1-8(2)16-12-10(21-3)11(14)17-13(18-12)19-5-4-15-6-9(19)7-20/h7-9,15H,4-6H2,1-3H3,(H,16,17,18). The summed E-state index contributed by atoms with van der Waals surface area (Å²) in [7, 11) is 0. The number of carbonyl (C=O) groups excluding carboxylic acids is 1. The Labute approximate surface area is 134 Å². The van der Waals surface area contributed by atoms with Gasteiger partial charge in [0, 0.05) is 25.7 Å². The van der Waals surface area contributed by atoms with E-state index in [-0.39, 0.29) is 12.1 Å². The Bertz CT molecular complexity index is 514. The second-order valence-corrected chi connectivity index (χ2v) is 6.27. The smallest absolute Gasteiger partial charge is 0.229 e. The highest BCUT2D eigenvalue weighted by Gasteiger charge is 2.25. The molecule has 0 saturated carbocycles. The lowest BCUT2D eigenvalue weighted by molar-refractivity contribution is -0.109. The van der Waals surface area contributed by atoms with Crippen molar-refractivity contribution in [2.75, 3.05) is 36.1 Å². The van der Waals surface area contributed by atoms with Gasteiger partial charge in [0.05, 0.1) is 10.9 Å². The molecule has 2 N–H and O–H groups in total. The first-order chi connectivity index (χ1) is 10.1. The van der Waals surface area contributed by atoms with Crippen molar-refractivity contribution < 1.29 is 4.79 Å². The monoisotopic (exact) mass is 329 g/mol. The number of thioether (sulfide) groups is 1. The van der Waals surface area contributed by atoms with Crippen LogP contribution in [0.5, 0.6) is 0 Å². The van der Waals surface area contributed by atoms with Crippen LogP contribution >= 0.6 is 23.4 Å². The molecular weight excluding hydrogens is 310 g/mol. The minimum atomic E-state index is -0.262. The molecule has 6 nitrogen and oxygen atoms in total. The first kappa shape index (κ1) is 16.3. The molecule has 8 heteroatoms. The van der Waals surface area contributed by atoms with Crippen LogP contribution in [0, 0.1) is 0 Å². The third-order valence-corrected chi connectivity index (χ3v) is 4.32. The number of rotatable bonds is 5. The highest BCUT2D eigenvalue weighted by molar-refractivity contribution is 7.98. The van der Waals surface area contributed by atoms with Crippen LogP contribution in [0.15, 0.2) is 4.90 Å². The molecule has 0 spiro atoms. The van der Waals surface area contributed by atoms with Crippen LogP contribution in [0.4, 0.5) is 11.8 Å². The molecule has 116 valence electrons. The average molecular weight is 330 g/mol. The van der Waals surface area contributed by atoms with Crippen LogP contribution in [0.3, 0.4) is 0 Å². The van der Waals surface area contributed by atoms with Crippen LogP contribution in [0.1, 0.15) is 13.8 Å². The van der Waals surface area contributed by atoms with Gasteiger partial charge in [-0.25, -0.2) is 0 Å². The van der Waals surface area contributed by atoms with Crippen molar-refractivity contribution in [3.05, 3.63) is 5.15 Å². The van der Waals surface area contributed by atoms with Gasteiger partial charge < -0.3 is 20.3 Å². The largest absolute Gasteiger partial charge is 0.367 e. The molecule has 1 aliphatic rings. The lowest BCUT2D eigenvalue weighted by Gasteiger charge is -2.33. The molecule has 2 heterocycles. The second kappa shape index (κ2) is 7.29. The fraction of sp³-hybridized carbons (Fsp3) is 0.615. The summed E-state index contributed by atoms with van der Waals surface area (Å²) < 4.78 is 0. The zero-order valence-corrected chi connectivity index (χ0v) is 14.0. The average Bonchev–Trinajstić information content (AvgIpc) is 2.46. The van der Waals surface area contributed by atoms with Gasteiger partial charge in [-0.05, 0) is 20.1 Å². The van der Waals surface area contributed by atoms with Gasteiger partial charge in [0.2, 0.25) is 5.95 Å². The summed E-state index contributed by atoms with van der Waals surface area (Å²) in [6.07, 6.45) is 2.86. The topological polar surface area (TPSA) is 70.2 Å². The van der Waals surface area contributed by atoms with Gasteiger partial charge in [-0.1, -0.05) is 11.6 Å². The maximum atomic E-state index is 11.2. The van der Waals surface area contributed by atoms with E-state index in [1.807, 2.05) is 25.0 Å². The number of nitrogens with one attached hydrogen (secondary N) is 2. The number of anilines is 2. The van der Waals surface area contributed by atoms with Gasteiger partial charge in [-0.3, -0.25) is 0 Å². The maximum absolute atomic E-state index is 11.2. The summed E-state index contributed by atoms with van der Waals surface area (Å²) in [6.45, 7) is 6.15. The fourth-order valence-electron chi connectivity index (χ4n) is 2.19. The number of hydrogen-bond acceptors (Lipinski definition) is 7. The molecule has 1 aromatic rings. The SMILES string of the molecule is CSc1c(Cl)nc(N2CCNCC2C=O)nc1NC(C)C. The number of aromatic nitrogens is 2. The van der Waals surface area contributed by atoms with Gasteiger partial charge in [0.1, 0.15) is 17.3 Å². The minimum absolute atomic E-state index is 0.236. The summed E-state index contributed by atoms with van der Waals surface area (Å²) in [4.78, 5) is 22.9. The number of hydrogen-bond donors (Lipinski definition) is 2. The molecule has 2 rings (SSSR count). The summed E-state index contributed by atoms with van der Waals surface area (Å²) in [5, 5.41) is 6.89. The lowest BCUT2D eigenvalue weighted by Crippen LogP contribution is -2.52. The van der Waals surface area contributed by atoms with E-state index in [2.05, 4.69) is 20.6 Å². The molecule has 1 aliphatic heterocycles. The highest BCUT2D eigenvalue weighted by Crippen LogP contribution is 2.32. The van der Waals surface area contributed by atoms with Gasteiger partial charge in [0.25, 0.3) is 0 Å². The first-order valence-electron chi connectivity index (χ1n) is 6.87. The third-order valence-electron chi connectivity index (χ3n) is 3.14. The second-order valence-electron chi connectivity index (χ2n) is 5.10. The zero-order chi connectivity index (χ0) is 15.4. The zero-order valence-electron chi connectivity index (χ0n) is 12.4. The predicted octanol–water partition coefficient (Wildman–Crippen LogP) is 1.65. The van der Waals surface area contributed by atoms with Crippen LogP contribution < -0.4 is 15.5 Å². The normalized spacial score (nSPS) is 18.9. The minimum Gasteiger partial charge on any atom is -0.367 e. The van der Waals surface area contributed by atoms with Crippen molar-refractivity contribution in [3.63, 3.8) is 0 Å². The Hall–Kier alpha value is -1.05.